The maximum atomic E-state index is 11.5. The van der Waals surface area contributed by atoms with E-state index in [0.717, 1.165) is 0 Å². The van der Waals surface area contributed by atoms with Gasteiger partial charge in [-0.2, -0.15) is 0 Å². The van der Waals surface area contributed by atoms with E-state index in [-0.39, 0.29) is 0 Å². The fraction of sp³-hybridized carbons (Fsp3) is 0.250. The van der Waals surface area contributed by atoms with Crippen molar-refractivity contribution in [1.29, 1.82) is 0 Å². The largest absolute Gasteiger partial charge is 0.481 e. The van der Waals surface area contributed by atoms with E-state index in [4.69, 9.17) is 9.84 Å². The van der Waals surface area contributed by atoms with Crippen LogP contribution in [0.4, 0.5) is 0 Å². The molecule has 1 aromatic carbocycles. The summed E-state index contributed by atoms with van der Waals surface area (Å²) in [6.45, 7) is 0. The predicted molar refractivity (Wildman–Crippen MR) is 74.2 cm³/mol. The van der Waals surface area contributed by atoms with Crippen LogP contribution in [0.1, 0.15) is 17.0 Å². The Bertz CT molecular complexity index is 474. The first-order valence-electron chi connectivity index (χ1n) is 5.21. The van der Waals surface area contributed by atoms with Gasteiger partial charge in [0, 0.05) is 5.56 Å². The van der Waals surface area contributed by atoms with Crippen LogP contribution < -0.4 is 0 Å². The Morgan fingerprint density at radius 3 is 2.26 bits per heavy atom. The zero-order valence-electron chi connectivity index (χ0n) is 9.58. The molecule has 0 heterocycles. The SMILES string of the molecule is O=C(O)CC(Br)C(=O)C(=O)OC(Br)c1ccccc1. The van der Waals surface area contributed by atoms with E-state index in [0.29, 0.717) is 5.56 Å². The molecule has 0 aliphatic heterocycles. The Morgan fingerprint density at radius 2 is 1.74 bits per heavy atom. The number of halogens is 2. The molecule has 0 spiro atoms. The Morgan fingerprint density at radius 1 is 1.16 bits per heavy atom. The molecule has 0 aliphatic carbocycles. The number of carboxylic acids is 1. The topological polar surface area (TPSA) is 80.7 Å². The van der Waals surface area contributed by atoms with Crippen LogP contribution in [-0.4, -0.2) is 27.7 Å². The maximum absolute atomic E-state index is 11.5. The van der Waals surface area contributed by atoms with Crippen LogP contribution in [0.15, 0.2) is 30.3 Å². The molecule has 0 aromatic heterocycles. The molecule has 19 heavy (non-hydrogen) atoms. The number of hydrogen-bond donors (Lipinski definition) is 1. The summed E-state index contributed by atoms with van der Waals surface area (Å²) in [5.74, 6) is -3.20. The lowest BCUT2D eigenvalue weighted by atomic mass is 10.2. The molecule has 2 atom stereocenters. The molecule has 0 saturated heterocycles. The molecular formula is C12H10Br2O5. The number of alkyl halides is 2. The minimum absolute atomic E-state index is 0.480. The van der Waals surface area contributed by atoms with Crippen LogP contribution in [0.3, 0.4) is 0 Å². The summed E-state index contributed by atoms with van der Waals surface area (Å²) in [6.07, 6.45) is -0.480. The number of esters is 1. The molecule has 0 saturated carbocycles. The molecule has 0 amide bonds. The van der Waals surface area contributed by atoms with Gasteiger partial charge < -0.3 is 9.84 Å². The second-order valence-corrected chi connectivity index (χ2v) is 5.50. The second-order valence-electron chi connectivity index (χ2n) is 3.56. The predicted octanol–water partition coefficient (Wildman–Crippen LogP) is 2.43. The van der Waals surface area contributed by atoms with Crippen LogP contribution in [0, 0.1) is 0 Å². The van der Waals surface area contributed by atoms with E-state index in [1.165, 1.54) is 0 Å². The molecule has 0 radical (unpaired) electrons. The van der Waals surface area contributed by atoms with Crippen molar-refractivity contribution < 1.29 is 24.2 Å². The van der Waals surface area contributed by atoms with Crippen LogP contribution in [0.25, 0.3) is 0 Å². The standard InChI is InChI=1S/C12H10Br2O5/c13-8(6-9(15)16)10(17)12(18)19-11(14)7-4-2-1-3-5-7/h1-5,8,11H,6H2,(H,15,16). The monoisotopic (exact) mass is 392 g/mol. The quantitative estimate of drug-likeness (QED) is 0.456. The highest BCUT2D eigenvalue weighted by Gasteiger charge is 2.28. The number of hydrogen-bond acceptors (Lipinski definition) is 4. The molecule has 0 fully saturated rings. The fourth-order valence-corrected chi connectivity index (χ4v) is 2.14. The van der Waals surface area contributed by atoms with E-state index in [1.807, 2.05) is 0 Å². The molecule has 1 N–H and O–H groups in total. The third-order valence-corrected chi connectivity index (χ3v) is 3.57. The average molecular weight is 394 g/mol. The van der Waals surface area contributed by atoms with Gasteiger partial charge in [-0.3, -0.25) is 9.59 Å². The summed E-state index contributed by atoms with van der Waals surface area (Å²) in [7, 11) is 0. The van der Waals surface area contributed by atoms with Crippen molar-refractivity contribution >= 4 is 49.6 Å². The molecule has 0 aliphatic rings. The van der Waals surface area contributed by atoms with Gasteiger partial charge >= 0.3 is 11.9 Å². The minimum atomic E-state index is -1.18. The van der Waals surface area contributed by atoms with Gasteiger partial charge in [-0.1, -0.05) is 46.3 Å². The first-order chi connectivity index (χ1) is 8.91. The van der Waals surface area contributed by atoms with Gasteiger partial charge in [0.1, 0.15) is 0 Å². The lowest BCUT2D eigenvalue weighted by Gasteiger charge is -2.12. The summed E-state index contributed by atoms with van der Waals surface area (Å²) in [6, 6.07) is 8.77. The summed E-state index contributed by atoms with van der Waals surface area (Å²) in [4.78, 5) is 32.4. The minimum Gasteiger partial charge on any atom is -0.481 e. The van der Waals surface area contributed by atoms with Crippen molar-refractivity contribution in [2.75, 3.05) is 0 Å². The van der Waals surface area contributed by atoms with E-state index in [2.05, 4.69) is 31.9 Å². The normalized spacial score (nSPS) is 13.4. The number of benzene rings is 1. The fourth-order valence-electron chi connectivity index (χ4n) is 1.20. The van der Waals surface area contributed by atoms with Crippen molar-refractivity contribution in [1.82, 2.24) is 0 Å². The van der Waals surface area contributed by atoms with Crippen LogP contribution >= 0.6 is 31.9 Å². The number of ketones is 1. The van der Waals surface area contributed by atoms with Gasteiger partial charge in [0.2, 0.25) is 0 Å². The third kappa shape index (κ3) is 5.12. The van der Waals surface area contributed by atoms with Crippen molar-refractivity contribution in [3.05, 3.63) is 35.9 Å². The molecule has 0 bridgehead atoms. The number of ether oxygens (including phenoxy) is 1. The van der Waals surface area contributed by atoms with E-state index < -0.39 is 34.0 Å². The van der Waals surface area contributed by atoms with E-state index in [1.54, 1.807) is 30.3 Å². The highest BCUT2D eigenvalue weighted by atomic mass is 79.9. The third-order valence-electron chi connectivity index (χ3n) is 2.11. The number of Topliss-reactive ketones (excluding diaryl/α,β-unsaturated/α-hetero) is 1. The highest BCUT2D eigenvalue weighted by molar-refractivity contribution is 9.10. The Labute approximate surface area is 126 Å². The van der Waals surface area contributed by atoms with Crippen molar-refractivity contribution in [3.63, 3.8) is 0 Å². The molecule has 2 unspecified atom stereocenters. The Hall–Kier alpha value is -1.21. The average Bonchev–Trinajstić information content (AvgIpc) is 2.37. The zero-order chi connectivity index (χ0) is 14.4. The second kappa shape index (κ2) is 7.40. The van der Waals surface area contributed by atoms with E-state index >= 15 is 0 Å². The lowest BCUT2D eigenvalue weighted by Crippen LogP contribution is -2.28. The summed E-state index contributed by atoms with van der Waals surface area (Å²) >= 11 is 5.97. The highest BCUT2D eigenvalue weighted by Crippen LogP contribution is 2.24. The molecule has 5 nitrogen and oxygen atoms in total. The maximum Gasteiger partial charge on any atom is 0.377 e. The summed E-state index contributed by atoms with van der Waals surface area (Å²) in [5, 5.41) is 7.78. The van der Waals surface area contributed by atoms with Crippen LogP contribution in [0.2, 0.25) is 0 Å². The van der Waals surface area contributed by atoms with Crippen molar-refractivity contribution in [2.45, 2.75) is 16.3 Å². The number of rotatable bonds is 6. The number of aliphatic carboxylic acids is 1. The van der Waals surface area contributed by atoms with Gasteiger partial charge in [-0.15, -0.1) is 0 Å². The smallest absolute Gasteiger partial charge is 0.377 e. The van der Waals surface area contributed by atoms with Gasteiger partial charge in [-0.05, 0) is 15.9 Å². The number of carbonyl (C=O) groups excluding carboxylic acids is 2. The van der Waals surface area contributed by atoms with Gasteiger partial charge in [0.25, 0.3) is 5.78 Å². The Balaban J connectivity index is 2.60. The van der Waals surface area contributed by atoms with Gasteiger partial charge in [-0.25, -0.2) is 4.79 Å². The van der Waals surface area contributed by atoms with Crippen LogP contribution in [-0.2, 0) is 19.1 Å². The number of carboxylic acid groups (broad SMARTS) is 1. The molecule has 1 aromatic rings. The van der Waals surface area contributed by atoms with Gasteiger partial charge in [0.05, 0.1) is 11.2 Å². The first kappa shape index (κ1) is 15.8. The first-order valence-corrected chi connectivity index (χ1v) is 7.04. The summed E-state index contributed by atoms with van der Waals surface area (Å²) < 4.78 is 4.91. The summed E-state index contributed by atoms with van der Waals surface area (Å²) in [5.41, 5.74) is 0.674. The van der Waals surface area contributed by atoms with Crippen LogP contribution in [0.5, 0.6) is 0 Å². The number of carbonyl (C=O) groups is 3. The van der Waals surface area contributed by atoms with Crippen molar-refractivity contribution in [2.24, 2.45) is 0 Å². The van der Waals surface area contributed by atoms with E-state index in [9.17, 15) is 14.4 Å². The van der Waals surface area contributed by atoms with Crippen molar-refractivity contribution in [3.8, 4) is 0 Å². The lowest BCUT2D eigenvalue weighted by molar-refractivity contribution is -0.155. The molecule has 7 heteroatoms. The molecular weight excluding hydrogens is 384 g/mol. The Kier molecular flexibility index (Phi) is 6.17. The zero-order valence-corrected chi connectivity index (χ0v) is 12.8. The molecule has 102 valence electrons. The molecule has 1 rings (SSSR count). The van der Waals surface area contributed by atoms with Gasteiger partial charge in [0.15, 0.2) is 5.01 Å².